The van der Waals surface area contributed by atoms with Crippen LogP contribution >= 0.6 is 0 Å². The van der Waals surface area contributed by atoms with Gasteiger partial charge in [-0.25, -0.2) is 39.9 Å². The minimum Gasteiger partial charge on any atom is -0.265 e. The molecule has 8 heterocycles. The molecular weight excluding hydrogens is 1460 g/mol. The molecule has 22 aromatic rings. The number of rotatable bonds is 14. The maximum Gasteiger partial charge on any atom is 0.115 e. The Labute approximate surface area is 693 Å². The lowest BCUT2D eigenvalue weighted by atomic mass is 9.89. The van der Waals surface area contributed by atoms with Crippen LogP contribution in [0.15, 0.2) is 426 Å². The molecule has 120 heavy (non-hydrogen) atoms. The molecule has 0 unspecified atom stereocenters. The summed E-state index contributed by atoms with van der Waals surface area (Å²) < 4.78 is 0. The monoisotopic (exact) mass is 1530 g/mol. The fourth-order valence-corrected chi connectivity index (χ4v) is 16.8. The fraction of sp³-hybridized carbons (Fsp3) is 0. The van der Waals surface area contributed by atoms with Gasteiger partial charge in [0.15, 0.2) is 0 Å². The van der Waals surface area contributed by atoms with Crippen molar-refractivity contribution in [1.29, 1.82) is 0 Å². The molecule has 0 spiro atoms. The third kappa shape index (κ3) is 14.2. The van der Waals surface area contributed by atoms with Crippen molar-refractivity contribution < 1.29 is 0 Å². The van der Waals surface area contributed by atoms with E-state index in [9.17, 15) is 0 Å². The van der Waals surface area contributed by atoms with E-state index in [-0.39, 0.29) is 0 Å². The van der Waals surface area contributed by atoms with Gasteiger partial charge in [0.1, 0.15) is 12.7 Å². The van der Waals surface area contributed by atoms with E-state index in [0.29, 0.717) is 0 Å². The lowest BCUT2D eigenvalue weighted by molar-refractivity contribution is 1.16. The smallest absolute Gasteiger partial charge is 0.115 e. The average molecular weight is 1530 g/mol. The second kappa shape index (κ2) is 31.5. The number of aromatic nitrogens is 10. The van der Waals surface area contributed by atoms with Gasteiger partial charge in [-0.1, -0.05) is 218 Å². The first-order valence-electron chi connectivity index (χ1n) is 40.0. The van der Waals surface area contributed by atoms with Crippen molar-refractivity contribution in [2.24, 2.45) is 0 Å². The molecule has 0 aliphatic heterocycles. The molecular formula is C110H70N10. The van der Waals surface area contributed by atoms with Gasteiger partial charge in [0.25, 0.3) is 0 Å². The second-order valence-corrected chi connectivity index (χ2v) is 30.0. The van der Waals surface area contributed by atoms with Gasteiger partial charge in [-0.2, -0.15) is 0 Å². The summed E-state index contributed by atoms with van der Waals surface area (Å²) in [6.07, 6.45) is 17.5. The number of fused-ring (bicyclic) bond motifs is 12. The normalized spacial score (nSPS) is 11.3. The third-order valence-electron chi connectivity index (χ3n) is 22.6. The zero-order valence-electron chi connectivity index (χ0n) is 64.9. The molecule has 0 fully saturated rings. The zero-order chi connectivity index (χ0) is 79.7. The highest BCUT2D eigenvalue weighted by Gasteiger charge is 2.19. The van der Waals surface area contributed by atoms with Crippen molar-refractivity contribution in [3.63, 3.8) is 0 Å². The first-order chi connectivity index (χ1) is 59.4. The van der Waals surface area contributed by atoms with Crippen molar-refractivity contribution >= 4 is 64.6 Å². The SMILES string of the molecule is c1cc(-c2cc(-c3cccc(-c4cccc(-c5ccncc5)n4)c3)cc(-c3ccc4c5ccccc5c5ccccc5c4c3)c2)cc(-c2cccc(-c3ccncc3)n2)c1.c1cc(-c2cc(-c3cccc(-c4cccc(-c5cncnc5)n4)c3)cc(-c3ccc4c5ccccc5c5ccccc5c4c3)c2)cc(-c2cccc(-c3cncnc3)n2)c1. The van der Waals surface area contributed by atoms with Gasteiger partial charge in [0.2, 0.25) is 0 Å². The molecule has 10 nitrogen and oxygen atoms in total. The highest BCUT2D eigenvalue weighted by molar-refractivity contribution is 6.27. The molecule has 22 rings (SSSR count). The summed E-state index contributed by atoms with van der Waals surface area (Å²) in [5, 5.41) is 15.1. The van der Waals surface area contributed by atoms with E-state index in [1.54, 1.807) is 49.6 Å². The third-order valence-corrected chi connectivity index (χ3v) is 22.6. The molecule has 0 radical (unpaired) electrons. The van der Waals surface area contributed by atoms with Crippen LogP contribution in [0.5, 0.6) is 0 Å². The molecule has 0 amide bonds. The van der Waals surface area contributed by atoms with Gasteiger partial charge in [-0.05, 0) is 277 Å². The Morgan fingerprint density at radius 1 is 0.117 bits per heavy atom. The predicted octanol–water partition coefficient (Wildman–Crippen LogP) is 27.6. The van der Waals surface area contributed by atoms with Crippen LogP contribution in [0.3, 0.4) is 0 Å². The average Bonchev–Trinajstić information content (AvgIpc) is 0.743. The highest BCUT2D eigenvalue weighted by atomic mass is 14.8. The first-order valence-corrected chi connectivity index (χ1v) is 40.0. The van der Waals surface area contributed by atoms with Crippen LogP contribution in [-0.2, 0) is 0 Å². The summed E-state index contributed by atoms with van der Waals surface area (Å²) in [7, 11) is 0. The van der Waals surface area contributed by atoms with Gasteiger partial charge in [0, 0.05) is 94.1 Å². The molecule has 0 bridgehead atoms. The van der Waals surface area contributed by atoms with Gasteiger partial charge >= 0.3 is 0 Å². The van der Waals surface area contributed by atoms with Gasteiger partial charge in [-0.15, -0.1) is 0 Å². The summed E-state index contributed by atoms with van der Waals surface area (Å²) in [5.74, 6) is 0. The standard InChI is InChI=1S/C56H36N4.C54H34N6/c1-2-15-49-47(13-1)48-14-3-4-16-50(48)52-36-41(21-22-51(49)52)46-34-44(39-9-5-11-42(31-39)55-19-7-17-53(59-55)37-23-27-57-28-24-37)33-45(35-46)40-10-6-12-43(32-40)56-20-8-18-54(60-56)38-25-29-58-30-26-38;1-2-15-47-45(13-1)46-14-3-4-16-48(46)50-28-37(21-22-49(47)50)42-26-40(35-9-5-11-38(23-35)51-17-7-19-53(59-51)43-29-55-33-56-30-43)25-41(27-42)36-10-6-12-39(24-36)52-18-8-20-54(60-52)44-31-57-34-58-32-44/h1-36H;1-34H. The Bertz CT molecular complexity index is 6860. The molecule has 0 aliphatic rings. The van der Waals surface area contributed by atoms with Crippen LogP contribution < -0.4 is 0 Å². The lowest BCUT2D eigenvalue weighted by Gasteiger charge is -2.15. The van der Waals surface area contributed by atoms with E-state index in [4.69, 9.17) is 19.9 Å². The van der Waals surface area contributed by atoms with E-state index in [2.05, 4.69) is 333 Å². The Hall–Kier alpha value is -16.3. The highest BCUT2D eigenvalue weighted by Crippen LogP contribution is 2.44. The number of nitrogens with zero attached hydrogens (tertiary/aromatic N) is 10. The van der Waals surface area contributed by atoms with Gasteiger partial charge in [-0.3, -0.25) is 9.97 Å². The van der Waals surface area contributed by atoms with Crippen LogP contribution in [0.4, 0.5) is 0 Å². The first kappa shape index (κ1) is 71.5. The van der Waals surface area contributed by atoms with Crippen LogP contribution in [0.1, 0.15) is 0 Å². The van der Waals surface area contributed by atoms with E-state index >= 15 is 0 Å². The predicted molar refractivity (Wildman–Crippen MR) is 492 cm³/mol. The molecule has 8 aromatic heterocycles. The van der Waals surface area contributed by atoms with Crippen LogP contribution in [0, 0.1) is 0 Å². The van der Waals surface area contributed by atoms with E-state index < -0.39 is 0 Å². The van der Waals surface area contributed by atoms with Crippen LogP contribution in [0.25, 0.3) is 221 Å². The molecule has 0 saturated heterocycles. The van der Waals surface area contributed by atoms with Crippen LogP contribution in [0.2, 0.25) is 0 Å². The molecule has 0 atom stereocenters. The van der Waals surface area contributed by atoms with Crippen LogP contribution in [-0.4, -0.2) is 49.8 Å². The zero-order valence-corrected chi connectivity index (χ0v) is 64.9. The summed E-state index contributed by atoms with van der Waals surface area (Å²) >= 11 is 0. The molecule has 14 aromatic carbocycles. The summed E-state index contributed by atoms with van der Waals surface area (Å²) in [4.78, 5) is 45.4. The summed E-state index contributed by atoms with van der Waals surface area (Å²) in [6, 6.07) is 130. The lowest BCUT2D eigenvalue weighted by Crippen LogP contribution is -1.91. The number of benzene rings is 14. The number of pyridine rings is 6. The molecule has 10 heteroatoms. The van der Waals surface area contributed by atoms with Crippen molar-refractivity contribution in [1.82, 2.24) is 49.8 Å². The fourth-order valence-electron chi connectivity index (χ4n) is 16.8. The van der Waals surface area contributed by atoms with Crippen molar-refractivity contribution in [3.05, 3.63) is 426 Å². The topological polar surface area (TPSA) is 129 Å². The number of hydrogen-bond acceptors (Lipinski definition) is 10. The number of hydrogen-bond donors (Lipinski definition) is 0. The quantitative estimate of drug-likeness (QED) is 0.0971. The maximum atomic E-state index is 5.08. The maximum absolute atomic E-state index is 5.08. The minimum absolute atomic E-state index is 0.830. The van der Waals surface area contributed by atoms with E-state index in [1.165, 1.54) is 77.3 Å². The Morgan fingerprint density at radius 2 is 0.317 bits per heavy atom. The largest absolute Gasteiger partial charge is 0.265 e. The Morgan fingerprint density at radius 3 is 0.583 bits per heavy atom. The van der Waals surface area contributed by atoms with Crippen molar-refractivity contribution in [3.8, 4) is 157 Å². The summed E-state index contributed by atoms with van der Waals surface area (Å²) in [5.41, 5.74) is 28.6. The van der Waals surface area contributed by atoms with Crippen molar-refractivity contribution in [2.45, 2.75) is 0 Å². The molecule has 560 valence electrons. The molecule has 0 N–H and O–H groups in total. The summed E-state index contributed by atoms with van der Waals surface area (Å²) in [6.45, 7) is 0. The van der Waals surface area contributed by atoms with E-state index in [1.807, 2.05) is 60.7 Å². The minimum atomic E-state index is 0.830. The second-order valence-electron chi connectivity index (χ2n) is 30.0. The van der Waals surface area contributed by atoms with Gasteiger partial charge < -0.3 is 0 Å². The Balaban J connectivity index is 0.000000148. The van der Waals surface area contributed by atoms with E-state index in [0.717, 1.165) is 157 Å². The van der Waals surface area contributed by atoms with Crippen molar-refractivity contribution in [2.75, 3.05) is 0 Å². The van der Waals surface area contributed by atoms with Gasteiger partial charge in [0.05, 0.1) is 45.6 Å². The Kier molecular flexibility index (Phi) is 18.7. The molecule has 0 aliphatic carbocycles. The molecule has 0 saturated carbocycles.